The van der Waals surface area contributed by atoms with E-state index in [4.69, 9.17) is 0 Å². The second-order valence-electron chi connectivity index (χ2n) is 6.18. The number of fused-ring (bicyclic) bond motifs is 3. The number of carbonyl (C=O) groups is 1. The largest absolute Gasteiger partial charge is 0.326 e. The molecule has 1 aliphatic heterocycles. The summed E-state index contributed by atoms with van der Waals surface area (Å²) in [7, 11) is 0. The second kappa shape index (κ2) is 6.38. The number of hydrogen-bond donors (Lipinski definition) is 2. The summed E-state index contributed by atoms with van der Waals surface area (Å²) in [5, 5.41) is 6.47. The molecule has 3 nitrogen and oxygen atoms in total. The minimum atomic E-state index is 0.0976. The van der Waals surface area contributed by atoms with Gasteiger partial charge in [0.25, 0.3) is 0 Å². The Labute approximate surface area is 140 Å². The second-order valence-corrected chi connectivity index (χ2v) is 7.33. The van der Waals surface area contributed by atoms with Crippen LogP contribution in [0.15, 0.2) is 42.5 Å². The number of anilines is 1. The van der Waals surface area contributed by atoms with Gasteiger partial charge in [0.05, 0.1) is 0 Å². The standard InChI is InChI=1S/C19H20N2OS/c22-19(11-16-12-23-8-7-20-16)21-15-5-6-18-14(10-15)9-13-3-1-2-4-17(13)18/h1-6,10,16,20H,7-9,11-12H2,(H,21,22). The van der Waals surface area contributed by atoms with Gasteiger partial charge in [0.15, 0.2) is 0 Å². The van der Waals surface area contributed by atoms with Crippen LogP contribution in [-0.4, -0.2) is 30.0 Å². The highest BCUT2D eigenvalue weighted by atomic mass is 32.2. The van der Waals surface area contributed by atoms with Gasteiger partial charge in [0.2, 0.25) is 5.91 Å². The van der Waals surface area contributed by atoms with Gasteiger partial charge in [0.1, 0.15) is 0 Å². The van der Waals surface area contributed by atoms with Crippen LogP contribution in [0.25, 0.3) is 11.1 Å². The SMILES string of the molecule is O=C(CC1CSCCN1)Nc1ccc2c(c1)Cc1ccccc1-2. The van der Waals surface area contributed by atoms with E-state index < -0.39 is 0 Å². The first-order valence-electron chi connectivity index (χ1n) is 8.12. The number of rotatable bonds is 3. The highest BCUT2D eigenvalue weighted by Gasteiger charge is 2.19. The van der Waals surface area contributed by atoms with Crippen molar-refractivity contribution in [1.29, 1.82) is 0 Å². The van der Waals surface area contributed by atoms with E-state index >= 15 is 0 Å². The Hall–Kier alpha value is -1.78. The van der Waals surface area contributed by atoms with Crippen LogP contribution in [0.2, 0.25) is 0 Å². The molecule has 1 aliphatic carbocycles. The molecular formula is C19H20N2OS. The Kier molecular flexibility index (Phi) is 4.10. The highest BCUT2D eigenvalue weighted by molar-refractivity contribution is 7.99. The number of nitrogens with one attached hydrogen (secondary N) is 2. The fourth-order valence-electron chi connectivity index (χ4n) is 3.41. The van der Waals surface area contributed by atoms with E-state index in [-0.39, 0.29) is 5.91 Å². The van der Waals surface area contributed by atoms with Crippen molar-refractivity contribution in [3.63, 3.8) is 0 Å². The molecule has 118 valence electrons. The Morgan fingerprint density at radius 2 is 2.04 bits per heavy atom. The van der Waals surface area contributed by atoms with Gasteiger partial charge < -0.3 is 10.6 Å². The number of amides is 1. The van der Waals surface area contributed by atoms with Gasteiger partial charge in [-0.2, -0.15) is 11.8 Å². The normalized spacial score (nSPS) is 19.0. The highest BCUT2D eigenvalue weighted by Crippen LogP contribution is 2.37. The topological polar surface area (TPSA) is 41.1 Å². The number of hydrogen-bond acceptors (Lipinski definition) is 3. The van der Waals surface area contributed by atoms with Gasteiger partial charge in [0, 0.05) is 36.2 Å². The minimum absolute atomic E-state index is 0.0976. The lowest BCUT2D eigenvalue weighted by atomic mass is 10.1. The molecular weight excluding hydrogens is 304 g/mol. The van der Waals surface area contributed by atoms with Gasteiger partial charge in [-0.1, -0.05) is 30.3 Å². The Bertz CT molecular complexity index is 738. The lowest BCUT2D eigenvalue weighted by Crippen LogP contribution is -2.39. The zero-order valence-corrected chi connectivity index (χ0v) is 13.8. The van der Waals surface area contributed by atoms with Crippen LogP contribution in [0.3, 0.4) is 0 Å². The smallest absolute Gasteiger partial charge is 0.225 e. The molecule has 0 bridgehead atoms. The quantitative estimate of drug-likeness (QED) is 0.777. The predicted molar refractivity (Wildman–Crippen MR) is 97.0 cm³/mol. The van der Waals surface area contributed by atoms with Crippen molar-refractivity contribution in [2.75, 3.05) is 23.4 Å². The lowest BCUT2D eigenvalue weighted by molar-refractivity contribution is -0.116. The number of carbonyl (C=O) groups excluding carboxylic acids is 1. The van der Waals surface area contributed by atoms with Crippen molar-refractivity contribution in [3.8, 4) is 11.1 Å². The molecule has 1 saturated heterocycles. The van der Waals surface area contributed by atoms with Gasteiger partial charge >= 0.3 is 0 Å². The van der Waals surface area contributed by atoms with E-state index in [0.29, 0.717) is 12.5 Å². The zero-order chi connectivity index (χ0) is 15.6. The molecule has 2 aromatic carbocycles. The summed E-state index contributed by atoms with van der Waals surface area (Å²) < 4.78 is 0. The van der Waals surface area contributed by atoms with Crippen LogP contribution in [-0.2, 0) is 11.2 Å². The summed E-state index contributed by atoms with van der Waals surface area (Å²) >= 11 is 1.92. The lowest BCUT2D eigenvalue weighted by Gasteiger charge is -2.22. The van der Waals surface area contributed by atoms with Gasteiger partial charge in [-0.3, -0.25) is 4.79 Å². The van der Waals surface area contributed by atoms with Crippen LogP contribution in [0.5, 0.6) is 0 Å². The maximum Gasteiger partial charge on any atom is 0.225 e. The first-order chi connectivity index (χ1) is 11.3. The van der Waals surface area contributed by atoms with Crippen LogP contribution in [0, 0.1) is 0 Å². The molecule has 4 heteroatoms. The summed E-state index contributed by atoms with van der Waals surface area (Å²) in [5.41, 5.74) is 6.20. The molecule has 4 rings (SSSR count). The number of thioether (sulfide) groups is 1. The molecule has 2 aliphatic rings. The fraction of sp³-hybridized carbons (Fsp3) is 0.316. The van der Waals surface area contributed by atoms with Crippen LogP contribution in [0.1, 0.15) is 17.5 Å². The van der Waals surface area contributed by atoms with Crippen molar-refractivity contribution < 1.29 is 4.79 Å². The molecule has 1 unspecified atom stereocenters. The first kappa shape index (κ1) is 14.8. The summed E-state index contributed by atoms with van der Waals surface area (Å²) in [6.45, 7) is 1.000. The third-order valence-electron chi connectivity index (χ3n) is 4.51. The van der Waals surface area contributed by atoms with Gasteiger partial charge in [-0.05, 0) is 40.8 Å². The summed E-state index contributed by atoms with van der Waals surface area (Å²) in [4.78, 5) is 12.2. The van der Waals surface area contributed by atoms with Gasteiger partial charge in [-0.15, -0.1) is 0 Å². The van der Waals surface area contributed by atoms with Gasteiger partial charge in [-0.25, -0.2) is 0 Å². The summed E-state index contributed by atoms with van der Waals surface area (Å²) in [6, 6.07) is 15.1. The zero-order valence-electron chi connectivity index (χ0n) is 13.0. The van der Waals surface area contributed by atoms with Crippen molar-refractivity contribution in [3.05, 3.63) is 53.6 Å². The fourth-order valence-corrected chi connectivity index (χ4v) is 4.36. The average Bonchev–Trinajstić information content (AvgIpc) is 2.93. The summed E-state index contributed by atoms with van der Waals surface area (Å²) in [5.74, 6) is 2.26. The van der Waals surface area contributed by atoms with E-state index in [0.717, 1.165) is 30.2 Å². The van der Waals surface area contributed by atoms with E-state index in [9.17, 15) is 4.79 Å². The van der Waals surface area contributed by atoms with Crippen molar-refractivity contribution in [2.45, 2.75) is 18.9 Å². The van der Waals surface area contributed by atoms with Crippen molar-refractivity contribution in [2.24, 2.45) is 0 Å². The molecule has 0 saturated carbocycles. The molecule has 0 radical (unpaired) electrons. The monoisotopic (exact) mass is 324 g/mol. The molecule has 2 N–H and O–H groups in total. The Morgan fingerprint density at radius 3 is 2.91 bits per heavy atom. The third kappa shape index (κ3) is 3.14. The molecule has 0 spiro atoms. The minimum Gasteiger partial charge on any atom is -0.326 e. The molecule has 1 fully saturated rings. The van der Waals surface area contributed by atoms with E-state index in [1.807, 2.05) is 17.8 Å². The molecule has 2 aromatic rings. The number of benzene rings is 2. The van der Waals surface area contributed by atoms with E-state index in [2.05, 4.69) is 47.0 Å². The van der Waals surface area contributed by atoms with Crippen LogP contribution in [0.4, 0.5) is 5.69 Å². The Balaban J connectivity index is 1.45. The predicted octanol–water partition coefficient (Wildman–Crippen LogP) is 3.29. The maximum atomic E-state index is 12.2. The molecule has 0 aromatic heterocycles. The molecule has 1 heterocycles. The maximum absolute atomic E-state index is 12.2. The van der Waals surface area contributed by atoms with Crippen molar-refractivity contribution >= 4 is 23.4 Å². The first-order valence-corrected chi connectivity index (χ1v) is 9.27. The summed E-state index contributed by atoms with van der Waals surface area (Å²) in [6.07, 6.45) is 1.50. The molecule has 1 atom stereocenters. The molecule has 23 heavy (non-hydrogen) atoms. The van der Waals surface area contributed by atoms with Crippen molar-refractivity contribution in [1.82, 2.24) is 5.32 Å². The average molecular weight is 324 g/mol. The van der Waals surface area contributed by atoms with E-state index in [1.165, 1.54) is 22.3 Å². The molecule has 1 amide bonds. The third-order valence-corrected chi connectivity index (χ3v) is 5.64. The van der Waals surface area contributed by atoms with E-state index in [1.54, 1.807) is 0 Å². The van der Waals surface area contributed by atoms with Crippen LogP contribution >= 0.6 is 11.8 Å². The van der Waals surface area contributed by atoms with Crippen LogP contribution < -0.4 is 10.6 Å². The Morgan fingerprint density at radius 1 is 1.17 bits per heavy atom.